The van der Waals surface area contributed by atoms with Crippen LogP contribution in [0.4, 0.5) is 0 Å². The molecule has 0 bridgehead atoms. The second-order valence-corrected chi connectivity index (χ2v) is 4.46. The molecule has 0 unspecified atom stereocenters. The minimum absolute atomic E-state index is 0.329. The fraction of sp³-hybridized carbons (Fsp3) is 0. The molecular formula is C6H7ClO3Si. The van der Waals surface area contributed by atoms with Crippen LogP contribution in [-0.4, -0.2) is 18.4 Å². The largest absolute Gasteiger partial charge is 0.548 e. The summed E-state index contributed by atoms with van der Waals surface area (Å²) >= 11 is 4.89. The lowest BCUT2D eigenvalue weighted by Gasteiger charge is -2.11. The second kappa shape index (κ2) is 3.34. The lowest BCUT2D eigenvalue weighted by Crippen LogP contribution is -2.49. The average molecular weight is 191 g/mol. The third-order valence-corrected chi connectivity index (χ3v) is 3.20. The van der Waals surface area contributed by atoms with Gasteiger partial charge in [0.1, 0.15) is 0 Å². The quantitative estimate of drug-likeness (QED) is 0.645. The Hall–Kier alpha value is -0.393. The number of hydrogen-bond acceptors (Lipinski definition) is 3. The van der Waals surface area contributed by atoms with Crippen molar-refractivity contribution in [1.82, 2.24) is 0 Å². The van der Waals surface area contributed by atoms with Crippen molar-refractivity contribution < 1.29 is 13.6 Å². The Morgan fingerprint density at radius 3 is 2.18 bits per heavy atom. The molecule has 0 aliphatic carbocycles. The summed E-state index contributed by atoms with van der Waals surface area (Å²) in [4.78, 5) is 18.3. The lowest BCUT2D eigenvalue weighted by molar-refractivity contribution is 0.271. The maximum atomic E-state index is 9.13. The van der Waals surface area contributed by atoms with Crippen molar-refractivity contribution in [3.05, 3.63) is 30.3 Å². The highest BCUT2D eigenvalue weighted by Gasteiger charge is 2.35. The molecule has 0 saturated carbocycles. The van der Waals surface area contributed by atoms with Gasteiger partial charge in [0.25, 0.3) is 0 Å². The molecule has 1 rings (SSSR count). The Morgan fingerprint density at radius 1 is 1.18 bits per heavy atom. The van der Waals surface area contributed by atoms with E-state index in [4.69, 9.17) is 21.5 Å². The van der Waals surface area contributed by atoms with Gasteiger partial charge in [0.2, 0.25) is 0 Å². The molecule has 0 aliphatic rings. The summed E-state index contributed by atoms with van der Waals surface area (Å²) in [6, 6.07) is 8.23. The molecule has 0 atom stereocenters. The van der Waals surface area contributed by atoms with Crippen molar-refractivity contribution in [3.8, 4) is 0 Å². The van der Waals surface area contributed by atoms with Gasteiger partial charge in [-0.15, -0.1) is 0 Å². The van der Waals surface area contributed by atoms with Gasteiger partial charge in [0.15, 0.2) is 0 Å². The zero-order valence-corrected chi connectivity index (χ0v) is 7.32. The van der Waals surface area contributed by atoms with Crippen molar-refractivity contribution >= 4 is 25.9 Å². The Morgan fingerprint density at radius 2 is 1.73 bits per heavy atom. The first kappa shape index (κ1) is 8.70. The second-order valence-electron chi connectivity index (χ2n) is 2.05. The molecular weight excluding hydrogens is 184 g/mol. The minimum atomic E-state index is -3.79. The summed E-state index contributed by atoms with van der Waals surface area (Å²) < 4.78 is 4.05. The molecule has 5 heteroatoms. The van der Waals surface area contributed by atoms with Gasteiger partial charge < -0.3 is 9.59 Å². The van der Waals surface area contributed by atoms with E-state index in [1.807, 2.05) is 0 Å². The fourth-order valence-electron chi connectivity index (χ4n) is 0.700. The highest BCUT2D eigenvalue weighted by molar-refractivity contribution is 6.75. The van der Waals surface area contributed by atoms with Crippen LogP contribution >= 0.6 is 11.9 Å². The summed E-state index contributed by atoms with van der Waals surface area (Å²) in [6.45, 7) is 0. The molecule has 60 valence electrons. The van der Waals surface area contributed by atoms with Gasteiger partial charge >= 0.3 is 8.80 Å². The van der Waals surface area contributed by atoms with Crippen molar-refractivity contribution in [3.63, 3.8) is 0 Å². The smallest absolute Gasteiger partial charge is 0.386 e. The SMILES string of the molecule is O[Si](O)(OCl)c1ccccc1. The standard InChI is InChI=1S/C6H7ClO3Si/c7-10-11(8,9)6-4-2-1-3-5-6/h1-5,8-9H. The molecule has 1 aromatic rings. The van der Waals surface area contributed by atoms with E-state index >= 15 is 0 Å². The monoisotopic (exact) mass is 190 g/mol. The van der Waals surface area contributed by atoms with Crippen LogP contribution in [0.15, 0.2) is 30.3 Å². The van der Waals surface area contributed by atoms with Crippen LogP contribution in [-0.2, 0) is 3.98 Å². The van der Waals surface area contributed by atoms with Crippen LogP contribution in [0.5, 0.6) is 0 Å². The van der Waals surface area contributed by atoms with Crippen LogP contribution in [0, 0.1) is 0 Å². The summed E-state index contributed by atoms with van der Waals surface area (Å²) in [5.41, 5.74) is 0. The summed E-state index contributed by atoms with van der Waals surface area (Å²) in [6.07, 6.45) is 0. The first-order chi connectivity index (χ1) is 5.17. The molecule has 0 radical (unpaired) electrons. The molecule has 0 saturated heterocycles. The third-order valence-electron chi connectivity index (χ3n) is 1.26. The van der Waals surface area contributed by atoms with Gasteiger partial charge in [-0.25, -0.2) is 0 Å². The first-order valence-corrected chi connectivity index (χ1v) is 5.08. The summed E-state index contributed by atoms with van der Waals surface area (Å²) in [7, 11) is -3.79. The van der Waals surface area contributed by atoms with Gasteiger partial charge in [-0.1, -0.05) is 30.3 Å². The maximum absolute atomic E-state index is 9.13. The van der Waals surface area contributed by atoms with E-state index in [2.05, 4.69) is 3.98 Å². The zero-order chi connectivity index (χ0) is 8.32. The van der Waals surface area contributed by atoms with E-state index in [1.54, 1.807) is 30.3 Å². The molecule has 0 fully saturated rings. The Balaban J connectivity index is 2.93. The molecule has 3 nitrogen and oxygen atoms in total. The molecule has 11 heavy (non-hydrogen) atoms. The normalized spacial score (nSPS) is 11.5. The highest BCUT2D eigenvalue weighted by atomic mass is 35.5. The predicted octanol–water partition coefficient (Wildman–Crippen LogP) is -0.0125. The van der Waals surface area contributed by atoms with Gasteiger partial charge in [-0.3, -0.25) is 3.98 Å². The summed E-state index contributed by atoms with van der Waals surface area (Å²) in [5, 5.41) is 0.329. The van der Waals surface area contributed by atoms with Crippen LogP contribution in [0.2, 0.25) is 0 Å². The number of rotatable bonds is 2. The van der Waals surface area contributed by atoms with E-state index in [0.29, 0.717) is 5.19 Å². The van der Waals surface area contributed by atoms with Crippen molar-refractivity contribution in [2.45, 2.75) is 0 Å². The summed E-state index contributed by atoms with van der Waals surface area (Å²) in [5.74, 6) is 0. The topological polar surface area (TPSA) is 49.7 Å². The van der Waals surface area contributed by atoms with E-state index in [0.717, 1.165) is 0 Å². The highest BCUT2D eigenvalue weighted by Crippen LogP contribution is 1.99. The zero-order valence-electron chi connectivity index (χ0n) is 5.57. The molecule has 0 aliphatic heterocycles. The Kier molecular flexibility index (Phi) is 2.64. The number of hydrogen-bond donors (Lipinski definition) is 2. The van der Waals surface area contributed by atoms with E-state index < -0.39 is 8.80 Å². The van der Waals surface area contributed by atoms with E-state index in [-0.39, 0.29) is 0 Å². The molecule has 0 aromatic heterocycles. The third kappa shape index (κ3) is 2.02. The Labute approximate surface area is 70.4 Å². The number of halogens is 1. The van der Waals surface area contributed by atoms with Crippen molar-refractivity contribution in [2.24, 2.45) is 0 Å². The minimum Gasteiger partial charge on any atom is -0.386 e. The first-order valence-electron chi connectivity index (χ1n) is 2.97. The lowest BCUT2D eigenvalue weighted by atomic mass is 10.4. The van der Waals surface area contributed by atoms with E-state index in [1.165, 1.54) is 0 Å². The van der Waals surface area contributed by atoms with Crippen LogP contribution < -0.4 is 5.19 Å². The molecule has 2 N–H and O–H groups in total. The maximum Gasteiger partial charge on any atom is 0.548 e. The van der Waals surface area contributed by atoms with E-state index in [9.17, 15) is 0 Å². The molecule has 0 heterocycles. The molecule has 0 spiro atoms. The van der Waals surface area contributed by atoms with Crippen LogP contribution in [0.1, 0.15) is 0 Å². The van der Waals surface area contributed by atoms with Crippen LogP contribution in [0.3, 0.4) is 0 Å². The van der Waals surface area contributed by atoms with Gasteiger partial charge in [0, 0.05) is 5.19 Å². The number of benzene rings is 1. The van der Waals surface area contributed by atoms with Gasteiger partial charge in [0.05, 0.1) is 11.9 Å². The van der Waals surface area contributed by atoms with Crippen molar-refractivity contribution in [1.29, 1.82) is 0 Å². The Bertz CT molecular complexity index is 227. The molecule has 0 amide bonds. The fourth-order valence-corrected chi connectivity index (χ4v) is 1.68. The predicted molar refractivity (Wildman–Crippen MR) is 43.2 cm³/mol. The van der Waals surface area contributed by atoms with Gasteiger partial charge in [-0.05, 0) is 0 Å². The van der Waals surface area contributed by atoms with Crippen LogP contribution in [0.25, 0.3) is 0 Å². The molecule has 1 aromatic carbocycles. The van der Waals surface area contributed by atoms with Crippen molar-refractivity contribution in [2.75, 3.05) is 0 Å². The van der Waals surface area contributed by atoms with Gasteiger partial charge in [-0.2, -0.15) is 0 Å². The average Bonchev–Trinajstić information content (AvgIpc) is 2.06.